The molecule has 0 aliphatic heterocycles. The lowest BCUT2D eigenvalue weighted by Gasteiger charge is -2.27. The van der Waals surface area contributed by atoms with Gasteiger partial charge in [-0.15, -0.1) is 0 Å². The first-order chi connectivity index (χ1) is 12.5. The predicted molar refractivity (Wildman–Crippen MR) is 99.1 cm³/mol. The van der Waals surface area contributed by atoms with Gasteiger partial charge in [-0.3, -0.25) is 19.0 Å². The van der Waals surface area contributed by atoms with Crippen molar-refractivity contribution in [2.45, 2.75) is 51.8 Å². The first-order valence-electron chi connectivity index (χ1n) is 8.68. The highest BCUT2D eigenvalue weighted by Gasteiger charge is 2.25. The average Bonchev–Trinajstić information content (AvgIpc) is 2.94. The summed E-state index contributed by atoms with van der Waals surface area (Å²) in [6.45, 7) is 3.12. The van der Waals surface area contributed by atoms with Crippen molar-refractivity contribution in [2.24, 2.45) is 0 Å². The minimum Gasteiger partial charge on any atom is -0.451 e. The molecule has 2 atom stereocenters. The summed E-state index contributed by atoms with van der Waals surface area (Å²) < 4.78 is 6.56. The molecule has 7 heteroatoms. The summed E-state index contributed by atoms with van der Waals surface area (Å²) in [6.07, 6.45) is 1.98. The van der Waals surface area contributed by atoms with E-state index in [0.717, 1.165) is 36.2 Å². The number of hydrogen-bond donors (Lipinski definition) is 1. The summed E-state index contributed by atoms with van der Waals surface area (Å²) in [6, 6.07) is 8.02. The minimum absolute atomic E-state index is 0.0599. The number of aromatic nitrogens is 1. The quantitative estimate of drug-likeness (QED) is 0.815. The summed E-state index contributed by atoms with van der Waals surface area (Å²) in [5.41, 5.74) is 3.08. The third kappa shape index (κ3) is 4.04. The molecule has 0 bridgehead atoms. The maximum atomic E-state index is 12.4. The Kier molecular flexibility index (Phi) is 5.56. The van der Waals surface area contributed by atoms with Crippen LogP contribution in [0.15, 0.2) is 34.4 Å². The smallest absolute Gasteiger partial charge is 0.326 e. The average molecular weight is 374 g/mol. The fourth-order valence-electron chi connectivity index (χ4n) is 3.21. The maximum absolute atomic E-state index is 12.4. The van der Waals surface area contributed by atoms with Crippen LogP contribution in [-0.4, -0.2) is 22.5 Å². The van der Waals surface area contributed by atoms with Gasteiger partial charge in [0.1, 0.15) is 6.54 Å². The second-order valence-corrected chi connectivity index (χ2v) is 7.33. The minimum atomic E-state index is -0.911. The summed E-state index contributed by atoms with van der Waals surface area (Å²) in [5.74, 6) is -0.922. The molecule has 0 saturated heterocycles. The summed E-state index contributed by atoms with van der Waals surface area (Å²) in [4.78, 5) is 36.0. The van der Waals surface area contributed by atoms with Crippen LogP contribution in [0.5, 0.6) is 0 Å². The van der Waals surface area contributed by atoms with Crippen LogP contribution in [0.4, 0.5) is 0 Å². The lowest BCUT2D eigenvalue weighted by molar-refractivity contribution is -0.155. The van der Waals surface area contributed by atoms with E-state index in [1.165, 1.54) is 10.1 Å². The lowest BCUT2D eigenvalue weighted by atomic mass is 9.87. The molecule has 1 aliphatic rings. The Bertz CT molecular complexity index is 870. The van der Waals surface area contributed by atoms with Gasteiger partial charge in [0.2, 0.25) is 0 Å². The van der Waals surface area contributed by atoms with Crippen LogP contribution >= 0.6 is 11.3 Å². The molecule has 1 amide bonds. The molecule has 1 aliphatic carbocycles. The molecule has 138 valence electrons. The second-order valence-electron chi connectivity index (χ2n) is 6.51. The van der Waals surface area contributed by atoms with Gasteiger partial charge in [-0.05, 0) is 44.2 Å². The topological polar surface area (TPSA) is 77.4 Å². The van der Waals surface area contributed by atoms with Gasteiger partial charge in [0, 0.05) is 11.1 Å². The molecule has 26 heavy (non-hydrogen) atoms. The van der Waals surface area contributed by atoms with Crippen molar-refractivity contribution >= 4 is 23.2 Å². The normalized spacial score (nSPS) is 17.2. The van der Waals surface area contributed by atoms with Crippen LogP contribution in [0.3, 0.4) is 0 Å². The Labute approximate surface area is 155 Å². The van der Waals surface area contributed by atoms with Gasteiger partial charge in [0.15, 0.2) is 6.10 Å². The zero-order valence-corrected chi connectivity index (χ0v) is 15.7. The Balaban J connectivity index is 1.59. The van der Waals surface area contributed by atoms with Crippen molar-refractivity contribution < 1.29 is 14.3 Å². The number of nitrogens with one attached hydrogen (secondary N) is 1. The van der Waals surface area contributed by atoms with E-state index in [2.05, 4.69) is 11.4 Å². The van der Waals surface area contributed by atoms with Gasteiger partial charge in [-0.1, -0.05) is 35.6 Å². The molecular weight excluding hydrogens is 352 g/mol. The number of fused-ring (bicyclic) bond motifs is 1. The Morgan fingerprint density at radius 1 is 1.38 bits per heavy atom. The maximum Gasteiger partial charge on any atom is 0.326 e. The fourth-order valence-corrected chi connectivity index (χ4v) is 3.94. The molecule has 6 nitrogen and oxygen atoms in total. The van der Waals surface area contributed by atoms with Crippen LogP contribution in [0, 0.1) is 6.92 Å². The molecule has 1 aromatic heterocycles. The monoisotopic (exact) mass is 374 g/mol. The highest BCUT2D eigenvalue weighted by Crippen LogP contribution is 2.29. The number of carbonyl (C=O) groups excluding carboxylic acids is 2. The number of esters is 1. The lowest BCUT2D eigenvalue weighted by Crippen LogP contribution is -2.39. The number of rotatable bonds is 5. The van der Waals surface area contributed by atoms with Gasteiger partial charge in [0.25, 0.3) is 5.91 Å². The van der Waals surface area contributed by atoms with Crippen LogP contribution < -0.4 is 10.2 Å². The molecule has 1 N–H and O–H groups in total. The van der Waals surface area contributed by atoms with E-state index >= 15 is 0 Å². The first kappa shape index (κ1) is 18.4. The van der Waals surface area contributed by atoms with Crippen LogP contribution in [0.25, 0.3) is 0 Å². The van der Waals surface area contributed by atoms with Gasteiger partial charge >= 0.3 is 10.8 Å². The molecule has 3 rings (SSSR count). The van der Waals surface area contributed by atoms with Crippen molar-refractivity contribution in [3.63, 3.8) is 0 Å². The van der Waals surface area contributed by atoms with Gasteiger partial charge in [0.05, 0.1) is 6.04 Å². The van der Waals surface area contributed by atoms with Crippen molar-refractivity contribution in [2.75, 3.05) is 0 Å². The first-order valence-corrected chi connectivity index (χ1v) is 9.56. The molecule has 0 saturated carbocycles. The third-order valence-corrected chi connectivity index (χ3v) is 5.51. The van der Waals surface area contributed by atoms with Crippen LogP contribution in [-0.2, 0) is 27.3 Å². The highest BCUT2D eigenvalue weighted by molar-refractivity contribution is 7.07. The fraction of sp³-hybridized carbons (Fsp3) is 0.421. The van der Waals surface area contributed by atoms with E-state index in [1.54, 1.807) is 19.2 Å². The van der Waals surface area contributed by atoms with E-state index in [4.69, 9.17) is 4.74 Å². The summed E-state index contributed by atoms with van der Waals surface area (Å²) in [5, 5.41) is 4.67. The van der Waals surface area contributed by atoms with Crippen LogP contribution in [0.1, 0.15) is 42.6 Å². The molecule has 0 unspecified atom stereocenters. The third-order valence-electron chi connectivity index (χ3n) is 4.63. The van der Waals surface area contributed by atoms with E-state index in [-0.39, 0.29) is 23.4 Å². The van der Waals surface area contributed by atoms with Gasteiger partial charge < -0.3 is 10.1 Å². The molecule has 1 heterocycles. The van der Waals surface area contributed by atoms with E-state index < -0.39 is 12.1 Å². The Morgan fingerprint density at radius 2 is 2.15 bits per heavy atom. The van der Waals surface area contributed by atoms with E-state index in [1.807, 2.05) is 18.2 Å². The number of nitrogens with zero attached hydrogens (tertiary/aromatic N) is 1. The highest BCUT2D eigenvalue weighted by atomic mass is 32.1. The van der Waals surface area contributed by atoms with E-state index in [0.29, 0.717) is 5.69 Å². The number of ether oxygens (including phenoxy) is 1. The Hall–Kier alpha value is -2.41. The zero-order valence-electron chi connectivity index (χ0n) is 14.9. The molecule has 0 radical (unpaired) electrons. The van der Waals surface area contributed by atoms with Gasteiger partial charge in [-0.25, -0.2) is 0 Å². The number of aryl methyl sites for hydroxylation is 2. The van der Waals surface area contributed by atoms with Crippen molar-refractivity contribution in [1.82, 2.24) is 9.88 Å². The van der Waals surface area contributed by atoms with E-state index in [9.17, 15) is 14.4 Å². The molecular formula is C19H22N2O4S. The number of hydrogen-bond acceptors (Lipinski definition) is 5. The Morgan fingerprint density at radius 3 is 2.88 bits per heavy atom. The van der Waals surface area contributed by atoms with Crippen molar-refractivity contribution in [3.8, 4) is 0 Å². The number of thiazole rings is 1. The SMILES string of the molecule is Cc1csc(=O)n1CC(=O)O[C@@H](C)C(=O)N[C@H]1CCCc2ccccc21. The van der Waals surface area contributed by atoms with Gasteiger partial charge in [-0.2, -0.15) is 0 Å². The standard InChI is InChI=1S/C19H22N2O4S/c1-12-11-26-19(24)21(12)10-17(22)25-13(2)18(23)20-16-9-5-7-14-6-3-4-8-15(14)16/h3-4,6,8,11,13,16H,5,7,9-10H2,1-2H3,(H,20,23)/t13-,16-/m0/s1. The molecule has 0 spiro atoms. The number of amides is 1. The zero-order chi connectivity index (χ0) is 18.7. The van der Waals surface area contributed by atoms with Crippen LogP contribution in [0.2, 0.25) is 0 Å². The molecule has 1 aromatic carbocycles. The summed E-state index contributed by atoms with van der Waals surface area (Å²) in [7, 11) is 0. The predicted octanol–water partition coefficient (Wildman–Crippen LogP) is 2.34. The molecule has 2 aromatic rings. The molecule has 0 fully saturated rings. The number of benzene rings is 1. The van der Waals surface area contributed by atoms with Crippen molar-refractivity contribution in [3.05, 3.63) is 56.1 Å². The van der Waals surface area contributed by atoms with Crippen molar-refractivity contribution in [1.29, 1.82) is 0 Å². The second kappa shape index (κ2) is 7.86. The number of carbonyl (C=O) groups is 2. The largest absolute Gasteiger partial charge is 0.451 e. The summed E-state index contributed by atoms with van der Waals surface area (Å²) >= 11 is 1.04.